The van der Waals surface area contributed by atoms with E-state index < -0.39 is 0 Å². The number of amides is 1. The average molecular weight is 353 g/mol. The van der Waals surface area contributed by atoms with Crippen molar-refractivity contribution >= 4 is 40.6 Å². The molecule has 2 aromatic rings. The standard InChI is InChI=1S/C16H18Cl2N4O/c1-3-4-8-22(2)14-10-19-13(9-20-14)16(23)21-12-7-5-6-11(17)15(12)18/h5-7,9-10H,3-4,8H2,1-2H3,(H,21,23). The van der Waals surface area contributed by atoms with Gasteiger partial charge in [-0.3, -0.25) is 4.79 Å². The molecule has 23 heavy (non-hydrogen) atoms. The van der Waals surface area contributed by atoms with Gasteiger partial charge in [-0.25, -0.2) is 9.97 Å². The number of anilines is 2. The molecular weight excluding hydrogens is 335 g/mol. The van der Waals surface area contributed by atoms with Crippen molar-refractivity contribution < 1.29 is 4.79 Å². The highest BCUT2D eigenvalue weighted by molar-refractivity contribution is 6.44. The Hall–Kier alpha value is -1.85. The van der Waals surface area contributed by atoms with Crippen LogP contribution in [0.25, 0.3) is 0 Å². The topological polar surface area (TPSA) is 58.1 Å². The van der Waals surface area contributed by atoms with Gasteiger partial charge >= 0.3 is 0 Å². The summed E-state index contributed by atoms with van der Waals surface area (Å²) in [7, 11) is 1.95. The lowest BCUT2D eigenvalue weighted by molar-refractivity contribution is 0.102. The van der Waals surface area contributed by atoms with Crippen LogP contribution in [0.3, 0.4) is 0 Å². The van der Waals surface area contributed by atoms with Crippen molar-refractivity contribution in [1.29, 1.82) is 0 Å². The summed E-state index contributed by atoms with van der Waals surface area (Å²) in [6.45, 7) is 3.03. The van der Waals surface area contributed by atoms with E-state index in [0.29, 0.717) is 15.7 Å². The van der Waals surface area contributed by atoms with Gasteiger partial charge in [-0.1, -0.05) is 42.6 Å². The molecule has 0 aliphatic carbocycles. The van der Waals surface area contributed by atoms with Gasteiger partial charge in [-0.15, -0.1) is 0 Å². The molecule has 0 spiro atoms. The highest BCUT2D eigenvalue weighted by atomic mass is 35.5. The quantitative estimate of drug-likeness (QED) is 0.843. The first kappa shape index (κ1) is 17.5. The Morgan fingerprint density at radius 3 is 2.70 bits per heavy atom. The molecule has 1 amide bonds. The Kier molecular flexibility index (Phi) is 6.19. The maximum absolute atomic E-state index is 12.2. The van der Waals surface area contributed by atoms with E-state index in [0.717, 1.165) is 25.2 Å². The number of nitrogens with zero attached hydrogens (tertiary/aromatic N) is 3. The second-order valence-corrected chi connectivity index (χ2v) is 5.88. The van der Waals surface area contributed by atoms with Crippen LogP contribution in [0.4, 0.5) is 11.5 Å². The largest absolute Gasteiger partial charge is 0.358 e. The fraction of sp³-hybridized carbons (Fsp3) is 0.312. The zero-order valence-electron chi connectivity index (χ0n) is 13.0. The van der Waals surface area contributed by atoms with E-state index in [9.17, 15) is 4.79 Å². The molecule has 122 valence electrons. The van der Waals surface area contributed by atoms with E-state index in [1.807, 2.05) is 11.9 Å². The predicted molar refractivity (Wildman–Crippen MR) is 94.6 cm³/mol. The fourth-order valence-electron chi connectivity index (χ4n) is 1.93. The van der Waals surface area contributed by atoms with E-state index >= 15 is 0 Å². The molecule has 0 bridgehead atoms. The number of hydrogen-bond acceptors (Lipinski definition) is 4. The predicted octanol–water partition coefficient (Wildman–Crippen LogP) is 4.27. The van der Waals surface area contributed by atoms with Crippen LogP contribution < -0.4 is 10.2 Å². The summed E-state index contributed by atoms with van der Waals surface area (Å²) < 4.78 is 0. The molecule has 1 N–H and O–H groups in total. The minimum atomic E-state index is -0.385. The Balaban J connectivity index is 2.07. The number of hydrogen-bond donors (Lipinski definition) is 1. The highest BCUT2D eigenvalue weighted by Gasteiger charge is 2.12. The van der Waals surface area contributed by atoms with E-state index in [1.165, 1.54) is 6.20 Å². The zero-order chi connectivity index (χ0) is 16.8. The van der Waals surface area contributed by atoms with E-state index in [4.69, 9.17) is 23.2 Å². The smallest absolute Gasteiger partial charge is 0.275 e. The summed E-state index contributed by atoms with van der Waals surface area (Å²) in [6.07, 6.45) is 5.22. The molecule has 1 aromatic heterocycles. The molecule has 0 fully saturated rings. The lowest BCUT2D eigenvalue weighted by Gasteiger charge is -2.17. The second kappa shape index (κ2) is 8.13. The van der Waals surface area contributed by atoms with Gasteiger partial charge in [0.2, 0.25) is 0 Å². The number of nitrogens with one attached hydrogen (secondary N) is 1. The van der Waals surface area contributed by atoms with Gasteiger partial charge < -0.3 is 10.2 Å². The molecule has 0 unspecified atom stereocenters. The molecule has 1 heterocycles. The van der Waals surface area contributed by atoms with Crippen LogP contribution in [0.2, 0.25) is 10.0 Å². The Labute approximate surface area is 145 Å². The number of benzene rings is 1. The maximum atomic E-state index is 12.2. The first-order valence-corrected chi connectivity index (χ1v) is 8.07. The number of unbranched alkanes of at least 4 members (excludes halogenated alkanes) is 1. The molecule has 0 atom stereocenters. The third kappa shape index (κ3) is 4.56. The number of carbonyl (C=O) groups is 1. The van der Waals surface area contributed by atoms with Gasteiger partial charge in [0.1, 0.15) is 11.5 Å². The van der Waals surface area contributed by atoms with Crippen LogP contribution in [0.1, 0.15) is 30.3 Å². The fourth-order valence-corrected chi connectivity index (χ4v) is 2.28. The second-order valence-electron chi connectivity index (χ2n) is 5.09. The van der Waals surface area contributed by atoms with Gasteiger partial charge in [-0.05, 0) is 18.6 Å². The zero-order valence-corrected chi connectivity index (χ0v) is 14.5. The third-order valence-electron chi connectivity index (χ3n) is 3.31. The molecular formula is C16H18Cl2N4O. The van der Waals surface area contributed by atoms with Crippen molar-refractivity contribution in [1.82, 2.24) is 9.97 Å². The molecule has 0 radical (unpaired) electrons. The minimum absolute atomic E-state index is 0.216. The highest BCUT2D eigenvalue weighted by Crippen LogP contribution is 2.29. The summed E-state index contributed by atoms with van der Waals surface area (Å²) in [6, 6.07) is 5.04. The lowest BCUT2D eigenvalue weighted by atomic mass is 10.3. The minimum Gasteiger partial charge on any atom is -0.358 e. The molecule has 0 aliphatic rings. The van der Waals surface area contributed by atoms with E-state index in [-0.39, 0.29) is 11.6 Å². The van der Waals surface area contributed by atoms with Gasteiger partial charge in [0.15, 0.2) is 0 Å². The van der Waals surface area contributed by atoms with Crippen LogP contribution in [0, 0.1) is 0 Å². The number of halogens is 2. The first-order chi connectivity index (χ1) is 11.0. The number of carbonyl (C=O) groups excluding carboxylic acids is 1. The van der Waals surface area contributed by atoms with Crippen LogP contribution in [0.15, 0.2) is 30.6 Å². The summed E-state index contributed by atoms with van der Waals surface area (Å²) in [5, 5.41) is 3.35. The lowest BCUT2D eigenvalue weighted by Crippen LogP contribution is -2.21. The summed E-state index contributed by atoms with van der Waals surface area (Å²) in [5.74, 6) is 0.347. The molecule has 0 saturated carbocycles. The third-order valence-corrected chi connectivity index (χ3v) is 4.13. The van der Waals surface area contributed by atoms with Crippen LogP contribution in [-0.2, 0) is 0 Å². The van der Waals surface area contributed by atoms with Gasteiger partial charge in [0.25, 0.3) is 5.91 Å². The Morgan fingerprint density at radius 2 is 2.04 bits per heavy atom. The number of aromatic nitrogens is 2. The van der Waals surface area contributed by atoms with Gasteiger partial charge in [0, 0.05) is 13.6 Å². The van der Waals surface area contributed by atoms with Crippen molar-refractivity contribution in [3.05, 3.63) is 46.3 Å². The van der Waals surface area contributed by atoms with Crippen LogP contribution in [0.5, 0.6) is 0 Å². The molecule has 5 nitrogen and oxygen atoms in total. The van der Waals surface area contributed by atoms with Crippen molar-refractivity contribution in [2.45, 2.75) is 19.8 Å². The van der Waals surface area contributed by atoms with E-state index in [2.05, 4.69) is 22.2 Å². The normalized spacial score (nSPS) is 10.4. The average Bonchev–Trinajstić information content (AvgIpc) is 2.57. The summed E-state index contributed by atoms with van der Waals surface area (Å²) in [4.78, 5) is 22.6. The maximum Gasteiger partial charge on any atom is 0.275 e. The van der Waals surface area contributed by atoms with Crippen LogP contribution in [-0.4, -0.2) is 29.5 Å². The summed E-state index contributed by atoms with van der Waals surface area (Å²) in [5.41, 5.74) is 0.656. The number of rotatable bonds is 6. The molecule has 0 aliphatic heterocycles. The SMILES string of the molecule is CCCCN(C)c1cnc(C(=O)Nc2cccc(Cl)c2Cl)cn1. The van der Waals surface area contributed by atoms with Crippen molar-refractivity contribution in [2.24, 2.45) is 0 Å². The monoisotopic (exact) mass is 352 g/mol. The molecule has 7 heteroatoms. The van der Waals surface area contributed by atoms with Gasteiger partial charge in [0.05, 0.1) is 28.1 Å². The van der Waals surface area contributed by atoms with Crippen molar-refractivity contribution in [2.75, 3.05) is 23.8 Å². The van der Waals surface area contributed by atoms with Crippen molar-refractivity contribution in [3.63, 3.8) is 0 Å². The molecule has 1 aromatic carbocycles. The van der Waals surface area contributed by atoms with Crippen LogP contribution >= 0.6 is 23.2 Å². The molecule has 0 saturated heterocycles. The van der Waals surface area contributed by atoms with Crippen molar-refractivity contribution in [3.8, 4) is 0 Å². The summed E-state index contributed by atoms with van der Waals surface area (Å²) >= 11 is 12.0. The first-order valence-electron chi connectivity index (χ1n) is 7.31. The molecule has 2 rings (SSSR count). The Bertz CT molecular complexity index is 676. The Morgan fingerprint density at radius 1 is 1.26 bits per heavy atom. The van der Waals surface area contributed by atoms with Gasteiger partial charge in [-0.2, -0.15) is 0 Å². The van der Waals surface area contributed by atoms with E-state index in [1.54, 1.807) is 24.4 Å².